The molecule has 0 saturated heterocycles. The average molecular weight is 404 g/mol. The van der Waals surface area contributed by atoms with Crippen LogP contribution >= 0.6 is 0 Å². The summed E-state index contributed by atoms with van der Waals surface area (Å²) >= 11 is 0. The lowest BCUT2D eigenvalue weighted by Crippen LogP contribution is -1.96. The largest absolute Gasteiger partial charge is 0.457 e. The maximum atomic E-state index is 9.36. The normalized spacial score (nSPS) is 10.7. The molecule has 2 aromatic heterocycles. The van der Waals surface area contributed by atoms with Crippen molar-refractivity contribution in [3.63, 3.8) is 0 Å². The lowest BCUT2D eigenvalue weighted by molar-refractivity contribution is 0.483. The summed E-state index contributed by atoms with van der Waals surface area (Å²) in [6.07, 6.45) is 0. The third-order valence-corrected chi connectivity index (χ3v) is 4.88. The van der Waals surface area contributed by atoms with Crippen LogP contribution in [0.4, 0.5) is 5.82 Å². The fourth-order valence-electron chi connectivity index (χ4n) is 3.49. The number of nitrogens with one attached hydrogen (secondary N) is 1. The van der Waals surface area contributed by atoms with Gasteiger partial charge in [-0.2, -0.15) is 10.4 Å². The zero-order chi connectivity index (χ0) is 21.2. The first-order valence-electron chi connectivity index (χ1n) is 9.57. The van der Waals surface area contributed by atoms with Gasteiger partial charge in [0, 0.05) is 11.1 Å². The molecule has 0 unspecified atom stereocenters. The Morgan fingerprint density at radius 1 is 0.839 bits per heavy atom. The Morgan fingerprint density at radius 3 is 2.45 bits per heavy atom. The number of H-pyrrole nitrogens is 1. The van der Waals surface area contributed by atoms with Gasteiger partial charge in [0.05, 0.1) is 17.0 Å². The molecule has 0 aliphatic rings. The number of ether oxygens (including phenoxy) is 1. The van der Waals surface area contributed by atoms with Gasteiger partial charge in [-0.3, -0.25) is 5.10 Å². The zero-order valence-electron chi connectivity index (χ0n) is 16.3. The molecule has 0 amide bonds. The SMILES string of the molecule is N#Cc1cccc(-c2c(-c3cccc(Oc4ccccc4)c3)nnc3[nH]nc(N)c23)c1. The van der Waals surface area contributed by atoms with E-state index in [-0.39, 0.29) is 0 Å². The molecule has 7 nitrogen and oxygen atoms in total. The molecule has 3 N–H and O–H groups in total. The summed E-state index contributed by atoms with van der Waals surface area (Å²) in [4.78, 5) is 0. The highest BCUT2D eigenvalue weighted by Gasteiger charge is 2.19. The van der Waals surface area contributed by atoms with Gasteiger partial charge in [-0.15, -0.1) is 10.2 Å². The number of benzene rings is 3. The molecule has 148 valence electrons. The van der Waals surface area contributed by atoms with E-state index in [0.717, 1.165) is 22.4 Å². The number of fused-ring (bicyclic) bond motifs is 1. The predicted octanol–water partition coefficient (Wildman–Crippen LogP) is 4.93. The van der Waals surface area contributed by atoms with Crippen LogP contribution in [0.1, 0.15) is 5.56 Å². The van der Waals surface area contributed by atoms with E-state index in [2.05, 4.69) is 26.5 Å². The van der Waals surface area contributed by atoms with Crippen LogP contribution in [0.5, 0.6) is 11.5 Å². The van der Waals surface area contributed by atoms with Gasteiger partial charge in [-0.25, -0.2) is 0 Å². The summed E-state index contributed by atoms with van der Waals surface area (Å²) in [7, 11) is 0. The number of nitrogen functional groups attached to an aromatic ring is 1. The maximum absolute atomic E-state index is 9.36. The van der Waals surface area contributed by atoms with Gasteiger partial charge in [0.25, 0.3) is 0 Å². The summed E-state index contributed by atoms with van der Waals surface area (Å²) in [6, 6.07) is 26.6. The highest BCUT2D eigenvalue weighted by molar-refractivity contribution is 6.04. The van der Waals surface area contributed by atoms with E-state index in [1.165, 1.54) is 0 Å². The van der Waals surface area contributed by atoms with E-state index >= 15 is 0 Å². The van der Waals surface area contributed by atoms with Crippen molar-refractivity contribution in [3.8, 4) is 40.0 Å². The summed E-state index contributed by atoms with van der Waals surface area (Å²) in [5.41, 5.74) is 10.2. The van der Waals surface area contributed by atoms with Crippen LogP contribution in [-0.4, -0.2) is 20.4 Å². The number of hydrogen-bond acceptors (Lipinski definition) is 6. The smallest absolute Gasteiger partial charge is 0.180 e. The van der Waals surface area contributed by atoms with Crippen molar-refractivity contribution in [2.45, 2.75) is 0 Å². The highest BCUT2D eigenvalue weighted by atomic mass is 16.5. The van der Waals surface area contributed by atoms with Gasteiger partial charge in [0.1, 0.15) is 17.2 Å². The summed E-state index contributed by atoms with van der Waals surface area (Å²) < 4.78 is 5.98. The van der Waals surface area contributed by atoms with E-state index in [1.807, 2.05) is 66.7 Å². The van der Waals surface area contributed by atoms with Crippen molar-refractivity contribution < 1.29 is 4.74 Å². The number of rotatable bonds is 4. The lowest BCUT2D eigenvalue weighted by atomic mass is 9.96. The Balaban J connectivity index is 1.70. The van der Waals surface area contributed by atoms with Crippen molar-refractivity contribution in [1.82, 2.24) is 20.4 Å². The quantitative estimate of drug-likeness (QED) is 0.439. The molecule has 31 heavy (non-hydrogen) atoms. The van der Waals surface area contributed by atoms with Crippen LogP contribution in [-0.2, 0) is 0 Å². The van der Waals surface area contributed by atoms with Crippen molar-refractivity contribution >= 4 is 16.9 Å². The van der Waals surface area contributed by atoms with Crippen LogP contribution in [0.3, 0.4) is 0 Å². The Labute approximate surface area is 177 Å². The molecule has 5 aromatic rings. The monoisotopic (exact) mass is 404 g/mol. The van der Waals surface area contributed by atoms with Gasteiger partial charge in [-0.1, -0.05) is 42.5 Å². The Kier molecular flexibility index (Phi) is 4.50. The van der Waals surface area contributed by atoms with Crippen molar-refractivity contribution in [2.24, 2.45) is 0 Å². The van der Waals surface area contributed by atoms with Crippen molar-refractivity contribution in [2.75, 3.05) is 5.73 Å². The van der Waals surface area contributed by atoms with Gasteiger partial charge in [-0.05, 0) is 42.0 Å². The molecular weight excluding hydrogens is 388 g/mol. The van der Waals surface area contributed by atoms with Crippen LogP contribution in [0, 0.1) is 11.3 Å². The molecule has 0 saturated carbocycles. The maximum Gasteiger partial charge on any atom is 0.180 e. The van der Waals surface area contributed by atoms with E-state index in [1.54, 1.807) is 12.1 Å². The molecular formula is C24H16N6O. The Bertz CT molecular complexity index is 1440. The highest BCUT2D eigenvalue weighted by Crippen LogP contribution is 2.38. The molecule has 0 aliphatic heterocycles. The van der Waals surface area contributed by atoms with Gasteiger partial charge < -0.3 is 10.5 Å². The number of para-hydroxylation sites is 1. The molecule has 0 fully saturated rings. The standard InChI is InChI=1S/C24H16N6O/c25-14-15-6-4-7-16(12-15)20-21-23(26)28-30-24(21)29-27-22(20)17-8-5-11-19(13-17)31-18-9-2-1-3-10-18/h1-13H,(H3,26,28,29,30). The van der Waals surface area contributed by atoms with E-state index in [0.29, 0.717) is 33.9 Å². The van der Waals surface area contributed by atoms with E-state index in [9.17, 15) is 5.26 Å². The second kappa shape index (κ2) is 7.61. The summed E-state index contributed by atoms with van der Waals surface area (Å²) in [5, 5.41) is 25.6. The minimum Gasteiger partial charge on any atom is -0.457 e. The minimum absolute atomic E-state index is 0.320. The number of hydrogen-bond donors (Lipinski definition) is 2. The Hall–Kier alpha value is -4.70. The fourth-order valence-corrected chi connectivity index (χ4v) is 3.49. The van der Waals surface area contributed by atoms with Gasteiger partial charge in [0.2, 0.25) is 0 Å². The van der Waals surface area contributed by atoms with Crippen LogP contribution in [0.2, 0.25) is 0 Å². The molecule has 0 aliphatic carbocycles. The third kappa shape index (κ3) is 3.43. The first-order chi connectivity index (χ1) is 15.2. The fraction of sp³-hybridized carbons (Fsp3) is 0. The topological polar surface area (TPSA) is 114 Å². The second-order valence-electron chi connectivity index (χ2n) is 6.89. The molecule has 7 heteroatoms. The van der Waals surface area contributed by atoms with Crippen LogP contribution in [0.15, 0.2) is 78.9 Å². The van der Waals surface area contributed by atoms with Gasteiger partial charge in [0.15, 0.2) is 11.5 Å². The molecule has 0 atom stereocenters. The number of aromatic amines is 1. The molecule has 0 spiro atoms. The second-order valence-corrected chi connectivity index (χ2v) is 6.89. The molecule has 2 heterocycles. The van der Waals surface area contributed by atoms with E-state index in [4.69, 9.17) is 10.5 Å². The molecule has 0 bridgehead atoms. The van der Waals surface area contributed by atoms with E-state index < -0.39 is 0 Å². The first-order valence-corrected chi connectivity index (χ1v) is 9.57. The predicted molar refractivity (Wildman–Crippen MR) is 118 cm³/mol. The summed E-state index contributed by atoms with van der Waals surface area (Å²) in [6.45, 7) is 0. The number of nitrogens with two attached hydrogens (primary N) is 1. The number of anilines is 1. The lowest BCUT2D eigenvalue weighted by Gasteiger charge is -2.12. The van der Waals surface area contributed by atoms with Gasteiger partial charge >= 0.3 is 0 Å². The molecule has 3 aromatic carbocycles. The summed E-state index contributed by atoms with van der Waals surface area (Å²) in [5.74, 6) is 1.73. The van der Waals surface area contributed by atoms with Crippen LogP contribution < -0.4 is 10.5 Å². The Morgan fingerprint density at radius 2 is 1.61 bits per heavy atom. The molecule has 5 rings (SSSR count). The number of nitriles is 1. The minimum atomic E-state index is 0.320. The average Bonchev–Trinajstić information content (AvgIpc) is 3.20. The van der Waals surface area contributed by atoms with Crippen molar-refractivity contribution in [1.29, 1.82) is 5.26 Å². The number of aromatic nitrogens is 4. The van der Waals surface area contributed by atoms with Crippen LogP contribution in [0.25, 0.3) is 33.4 Å². The zero-order valence-corrected chi connectivity index (χ0v) is 16.3. The van der Waals surface area contributed by atoms with Crippen molar-refractivity contribution in [3.05, 3.63) is 84.4 Å². The first kappa shape index (κ1) is 18.3. The number of nitrogens with zero attached hydrogens (tertiary/aromatic N) is 4. The third-order valence-electron chi connectivity index (χ3n) is 4.88. The molecule has 0 radical (unpaired) electrons.